The Morgan fingerprint density at radius 2 is 2.06 bits per heavy atom. The van der Waals surface area contributed by atoms with Crippen LogP contribution in [0, 0.1) is 0 Å². The van der Waals surface area contributed by atoms with Crippen LogP contribution >= 0.6 is 0 Å². The Morgan fingerprint density at radius 1 is 1.35 bits per heavy atom. The molecule has 92 valence electrons. The molecule has 0 aromatic carbocycles. The number of carbonyl (C=O) groups is 1. The van der Waals surface area contributed by atoms with Crippen LogP contribution in [0.5, 0.6) is 0 Å². The first-order valence-electron chi connectivity index (χ1n) is 5.91. The van der Waals surface area contributed by atoms with E-state index in [0.717, 1.165) is 19.6 Å². The Labute approximate surface area is 101 Å². The summed E-state index contributed by atoms with van der Waals surface area (Å²) in [5.41, 5.74) is 2.99. The number of hydrogen-bond donors (Lipinski definition) is 1. The number of likely N-dealkylation sites (tertiary alicyclic amines) is 1. The average Bonchev–Trinajstić information content (AvgIpc) is 2.88. The van der Waals surface area contributed by atoms with E-state index in [1.165, 1.54) is 12.8 Å². The van der Waals surface area contributed by atoms with Gasteiger partial charge in [-0.2, -0.15) is 0 Å². The van der Waals surface area contributed by atoms with E-state index in [1.807, 2.05) is 0 Å². The van der Waals surface area contributed by atoms with Crippen LogP contribution in [0.25, 0.3) is 0 Å². The summed E-state index contributed by atoms with van der Waals surface area (Å²) in [6, 6.07) is 3.30. The Hall–Kier alpha value is -1.46. The standard InChI is InChI=1S/C12H17N3O2/c16-12(11-3-5-13-6-4-11)14-17-10-9-15-7-1-2-8-15/h3-6H,1-2,7-10H2,(H,14,16). The first-order chi connectivity index (χ1) is 8.36. The second kappa shape index (κ2) is 6.32. The highest BCUT2D eigenvalue weighted by molar-refractivity contribution is 5.93. The second-order valence-electron chi connectivity index (χ2n) is 4.06. The number of nitrogens with zero attached hydrogens (tertiary/aromatic N) is 2. The fraction of sp³-hybridized carbons (Fsp3) is 0.500. The molecule has 1 aliphatic heterocycles. The van der Waals surface area contributed by atoms with Gasteiger partial charge in [-0.15, -0.1) is 0 Å². The zero-order valence-electron chi connectivity index (χ0n) is 9.76. The van der Waals surface area contributed by atoms with Gasteiger partial charge in [-0.05, 0) is 38.1 Å². The number of rotatable bonds is 5. The molecule has 17 heavy (non-hydrogen) atoms. The van der Waals surface area contributed by atoms with Crippen LogP contribution in [0.3, 0.4) is 0 Å². The minimum absolute atomic E-state index is 0.228. The molecule has 1 aromatic heterocycles. The quantitative estimate of drug-likeness (QED) is 0.607. The van der Waals surface area contributed by atoms with Crippen LogP contribution in [0.2, 0.25) is 0 Å². The Balaban J connectivity index is 1.63. The maximum atomic E-state index is 11.6. The molecule has 1 amide bonds. The fourth-order valence-corrected chi connectivity index (χ4v) is 1.86. The molecular weight excluding hydrogens is 218 g/mol. The van der Waals surface area contributed by atoms with Crippen molar-refractivity contribution in [2.24, 2.45) is 0 Å². The number of pyridine rings is 1. The van der Waals surface area contributed by atoms with E-state index in [9.17, 15) is 4.79 Å². The van der Waals surface area contributed by atoms with Gasteiger partial charge in [-0.1, -0.05) is 0 Å². The summed E-state index contributed by atoms with van der Waals surface area (Å²) in [7, 11) is 0. The number of hydroxylamine groups is 1. The summed E-state index contributed by atoms with van der Waals surface area (Å²) >= 11 is 0. The molecule has 0 atom stereocenters. The van der Waals surface area contributed by atoms with Gasteiger partial charge >= 0.3 is 0 Å². The predicted octanol–water partition coefficient (Wildman–Crippen LogP) is 0.839. The Kier molecular flexibility index (Phi) is 4.46. The lowest BCUT2D eigenvalue weighted by Gasteiger charge is -2.14. The van der Waals surface area contributed by atoms with E-state index in [2.05, 4.69) is 15.4 Å². The molecule has 0 spiro atoms. The first-order valence-corrected chi connectivity index (χ1v) is 5.91. The van der Waals surface area contributed by atoms with Crippen molar-refractivity contribution in [3.63, 3.8) is 0 Å². The maximum absolute atomic E-state index is 11.6. The molecule has 0 saturated carbocycles. The van der Waals surface area contributed by atoms with Crippen molar-refractivity contribution in [2.45, 2.75) is 12.8 Å². The molecule has 1 saturated heterocycles. The van der Waals surface area contributed by atoms with Crippen molar-refractivity contribution in [1.29, 1.82) is 0 Å². The molecule has 2 rings (SSSR count). The van der Waals surface area contributed by atoms with E-state index in [0.29, 0.717) is 12.2 Å². The summed E-state index contributed by atoms with van der Waals surface area (Å²) in [4.78, 5) is 22.9. The molecule has 5 heteroatoms. The van der Waals surface area contributed by atoms with Crippen molar-refractivity contribution in [2.75, 3.05) is 26.2 Å². The minimum Gasteiger partial charge on any atom is -0.301 e. The van der Waals surface area contributed by atoms with E-state index in [4.69, 9.17) is 4.84 Å². The van der Waals surface area contributed by atoms with Crippen molar-refractivity contribution in [3.8, 4) is 0 Å². The zero-order valence-corrected chi connectivity index (χ0v) is 9.76. The van der Waals surface area contributed by atoms with Crippen LogP contribution in [0.4, 0.5) is 0 Å². The lowest BCUT2D eigenvalue weighted by molar-refractivity contribution is 0.0244. The highest BCUT2D eigenvalue weighted by atomic mass is 16.6. The van der Waals surface area contributed by atoms with E-state index in [1.54, 1.807) is 24.5 Å². The molecule has 0 bridgehead atoms. The van der Waals surface area contributed by atoms with Crippen molar-refractivity contribution >= 4 is 5.91 Å². The van der Waals surface area contributed by atoms with Gasteiger partial charge in [0, 0.05) is 24.5 Å². The monoisotopic (exact) mass is 235 g/mol. The highest BCUT2D eigenvalue weighted by Gasteiger charge is 2.11. The largest absolute Gasteiger partial charge is 0.301 e. The van der Waals surface area contributed by atoms with Gasteiger partial charge in [0.1, 0.15) is 0 Å². The van der Waals surface area contributed by atoms with Crippen LogP contribution in [-0.4, -0.2) is 42.0 Å². The zero-order chi connectivity index (χ0) is 11.9. The van der Waals surface area contributed by atoms with Gasteiger partial charge < -0.3 is 4.90 Å². The van der Waals surface area contributed by atoms with Crippen LogP contribution in [-0.2, 0) is 4.84 Å². The van der Waals surface area contributed by atoms with Crippen LogP contribution in [0.15, 0.2) is 24.5 Å². The van der Waals surface area contributed by atoms with Crippen LogP contribution in [0.1, 0.15) is 23.2 Å². The molecule has 1 aromatic rings. The Morgan fingerprint density at radius 3 is 2.76 bits per heavy atom. The van der Waals surface area contributed by atoms with Gasteiger partial charge in [-0.25, -0.2) is 5.48 Å². The molecule has 0 radical (unpaired) electrons. The predicted molar refractivity (Wildman–Crippen MR) is 63.3 cm³/mol. The molecule has 5 nitrogen and oxygen atoms in total. The van der Waals surface area contributed by atoms with Gasteiger partial charge in [0.05, 0.1) is 6.61 Å². The molecule has 1 aliphatic rings. The molecule has 1 fully saturated rings. The summed E-state index contributed by atoms with van der Waals surface area (Å²) in [6.07, 6.45) is 5.70. The second-order valence-corrected chi connectivity index (χ2v) is 4.06. The summed E-state index contributed by atoms with van der Waals surface area (Å²) in [5, 5.41) is 0. The summed E-state index contributed by atoms with van der Waals surface area (Å²) < 4.78 is 0. The number of carbonyl (C=O) groups excluding carboxylic acids is 1. The molecule has 1 N–H and O–H groups in total. The number of nitrogens with one attached hydrogen (secondary N) is 1. The lowest BCUT2D eigenvalue weighted by Crippen LogP contribution is -2.30. The highest BCUT2D eigenvalue weighted by Crippen LogP contribution is 2.05. The van der Waals surface area contributed by atoms with Crippen molar-refractivity contribution in [3.05, 3.63) is 30.1 Å². The van der Waals surface area contributed by atoms with Gasteiger partial charge in [0.25, 0.3) is 5.91 Å². The van der Waals surface area contributed by atoms with Crippen molar-refractivity contribution < 1.29 is 9.63 Å². The summed E-state index contributed by atoms with van der Waals surface area (Å²) in [6.45, 7) is 3.68. The molecule has 2 heterocycles. The Bertz CT molecular complexity index is 350. The smallest absolute Gasteiger partial charge is 0.274 e. The number of hydrogen-bond acceptors (Lipinski definition) is 4. The number of amides is 1. The maximum Gasteiger partial charge on any atom is 0.274 e. The normalized spacial score (nSPS) is 16.0. The lowest BCUT2D eigenvalue weighted by atomic mass is 10.3. The molecular formula is C12H17N3O2. The van der Waals surface area contributed by atoms with Gasteiger partial charge in [0.2, 0.25) is 0 Å². The van der Waals surface area contributed by atoms with Gasteiger partial charge in [-0.3, -0.25) is 14.6 Å². The van der Waals surface area contributed by atoms with E-state index in [-0.39, 0.29) is 5.91 Å². The van der Waals surface area contributed by atoms with Crippen molar-refractivity contribution in [1.82, 2.24) is 15.4 Å². The topological polar surface area (TPSA) is 54.5 Å². The van der Waals surface area contributed by atoms with Gasteiger partial charge in [0.15, 0.2) is 0 Å². The summed E-state index contributed by atoms with van der Waals surface area (Å²) in [5.74, 6) is -0.228. The third-order valence-electron chi connectivity index (χ3n) is 2.82. The fourth-order valence-electron chi connectivity index (χ4n) is 1.86. The van der Waals surface area contributed by atoms with E-state index >= 15 is 0 Å². The molecule has 0 aliphatic carbocycles. The van der Waals surface area contributed by atoms with E-state index < -0.39 is 0 Å². The molecule has 0 unspecified atom stereocenters. The minimum atomic E-state index is -0.228. The average molecular weight is 235 g/mol. The number of aromatic nitrogens is 1. The third kappa shape index (κ3) is 3.80. The SMILES string of the molecule is O=C(NOCCN1CCCC1)c1ccncc1. The first kappa shape index (κ1) is 12.0. The van der Waals surface area contributed by atoms with Crippen LogP contribution < -0.4 is 5.48 Å². The third-order valence-corrected chi connectivity index (χ3v) is 2.82.